The Morgan fingerprint density at radius 2 is 1.97 bits per heavy atom. The fourth-order valence-corrected chi connectivity index (χ4v) is 4.47. The third-order valence-corrected chi connectivity index (χ3v) is 6.35. The lowest BCUT2D eigenvalue weighted by Crippen LogP contribution is -2.29. The van der Waals surface area contributed by atoms with Crippen LogP contribution >= 0.6 is 0 Å². The van der Waals surface area contributed by atoms with Gasteiger partial charge in [0.1, 0.15) is 12.1 Å². The number of hydrogen-bond acceptors (Lipinski definition) is 6. The van der Waals surface area contributed by atoms with Crippen LogP contribution in [-0.4, -0.2) is 46.9 Å². The van der Waals surface area contributed by atoms with Gasteiger partial charge in [-0.2, -0.15) is 5.10 Å². The SMILES string of the molecule is Cc1ccc(NC(=O)c2ccc3c(c2)[C@H](c2ncn(C(C)C)n2)CN3S(C)(=O)=O)nc1. The predicted molar refractivity (Wildman–Crippen MR) is 118 cm³/mol. The Balaban J connectivity index is 1.70. The number of amides is 1. The van der Waals surface area contributed by atoms with Crippen LogP contribution in [-0.2, 0) is 10.0 Å². The number of carbonyl (C=O) groups excluding carboxylic acids is 1. The minimum absolute atomic E-state index is 0.132. The standard InChI is InChI=1S/C21H24N6O3S/c1-13(2)26-12-23-20(25-26)17-11-27(31(4,29)30)18-7-6-15(9-16(17)18)21(28)24-19-8-5-14(3)10-22-19/h5-10,12-13,17H,11H2,1-4H3,(H,22,24,28)/t17-/m1/s1. The summed E-state index contributed by atoms with van der Waals surface area (Å²) in [5.41, 5.74) is 2.65. The van der Waals surface area contributed by atoms with E-state index in [1.165, 1.54) is 10.6 Å². The molecule has 0 aliphatic carbocycles. The Kier molecular flexibility index (Phi) is 5.26. The van der Waals surface area contributed by atoms with Crippen LogP contribution in [0.2, 0.25) is 0 Å². The number of rotatable bonds is 5. The molecule has 1 aromatic carbocycles. The van der Waals surface area contributed by atoms with E-state index in [1.54, 1.807) is 41.5 Å². The van der Waals surface area contributed by atoms with Crippen molar-refractivity contribution in [3.8, 4) is 0 Å². The first kappa shape index (κ1) is 21.0. The van der Waals surface area contributed by atoms with Crippen molar-refractivity contribution in [3.05, 3.63) is 65.4 Å². The van der Waals surface area contributed by atoms with Crippen molar-refractivity contribution in [2.45, 2.75) is 32.7 Å². The van der Waals surface area contributed by atoms with E-state index in [0.717, 1.165) is 5.56 Å². The lowest BCUT2D eigenvalue weighted by atomic mass is 9.98. The molecular weight excluding hydrogens is 416 g/mol. The quantitative estimate of drug-likeness (QED) is 0.653. The minimum Gasteiger partial charge on any atom is -0.307 e. The summed E-state index contributed by atoms with van der Waals surface area (Å²) in [5.74, 6) is 0.285. The number of hydrogen-bond donors (Lipinski definition) is 1. The number of aryl methyl sites for hydroxylation is 1. The molecule has 162 valence electrons. The molecule has 9 nitrogen and oxygen atoms in total. The van der Waals surface area contributed by atoms with Crippen LogP contribution in [0, 0.1) is 6.92 Å². The molecule has 0 saturated carbocycles. The number of fused-ring (bicyclic) bond motifs is 1. The zero-order valence-electron chi connectivity index (χ0n) is 17.8. The Hall–Kier alpha value is -3.27. The molecule has 1 amide bonds. The highest BCUT2D eigenvalue weighted by Crippen LogP contribution is 2.41. The molecule has 3 aromatic rings. The van der Waals surface area contributed by atoms with Gasteiger partial charge < -0.3 is 5.32 Å². The molecule has 1 aliphatic heterocycles. The molecule has 1 atom stereocenters. The smallest absolute Gasteiger partial charge is 0.256 e. The Morgan fingerprint density at radius 3 is 2.58 bits per heavy atom. The number of benzene rings is 1. The van der Waals surface area contributed by atoms with Gasteiger partial charge >= 0.3 is 0 Å². The van der Waals surface area contributed by atoms with Gasteiger partial charge in [-0.3, -0.25) is 13.8 Å². The number of carbonyl (C=O) groups is 1. The van der Waals surface area contributed by atoms with Gasteiger partial charge in [-0.05, 0) is 56.2 Å². The second-order valence-corrected chi connectivity index (χ2v) is 9.88. The molecule has 4 rings (SSSR count). The summed E-state index contributed by atoms with van der Waals surface area (Å²) >= 11 is 0. The molecule has 1 aliphatic rings. The maximum absolute atomic E-state index is 12.8. The number of aromatic nitrogens is 4. The van der Waals surface area contributed by atoms with E-state index in [9.17, 15) is 13.2 Å². The topological polar surface area (TPSA) is 110 Å². The van der Waals surface area contributed by atoms with Crippen LogP contribution in [0.15, 0.2) is 42.9 Å². The number of pyridine rings is 1. The first-order chi connectivity index (χ1) is 14.6. The Labute approximate surface area is 181 Å². The lowest BCUT2D eigenvalue weighted by molar-refractivity contribution is 0.102. The molecule has 0 radical (unpaired) electrons. The van der Waals surface area contributed by atoms with Crippen LogP contribution in [0.25, 0.3) is 0 Å². The normalized spacial score (nSPS) is 15.9. The average Bonchev–Trinajstić information content (AvgIpc) is 3.33. The minimum atomic E-state index is -3.49. The van der Waals surface area contributed by atoms with Gasteiger partial charge in [0, 0.05) is 24.3 Å². The van der Waals surface area contributed by atoms with Gasteiger partial charge in [0.25, 0.3) is 5.91 Å². The van der Waals surface area contributed by atoms with Crippen molar-refractivity contribution >= 4 is 27.4 Å². The largest absolute Gasteiger partial charge is 0.307 e. The third kappa shape index (κ3) is 4.15. The van der Waals surface area contributed by atoms with E-state index in [4.69, 9.17) is 0 Å². The summed E-state index contributed by atoms with van der Waals surface area (Å²) in [6.45, 7) is 6.10. The van der Waals surface area contributed by atoms with Crippen molar-refractivity contribution < 1.29 is 13.2 Å². The van der Waals surface area contributed by atoms with Crippen molar-refractivity contribution in [2.75, 3.05) is 22.4 Å². The predicted octanol–water partition coefficient (Wildman–Crippen LogP) is 2.73. The molecule has 0 unspecified atom stereocenters. The molecule has 3 heterocycles. The fraction of sp³-hybridized carbons (Fsp3) is 0.333. The van der Waals surface area contributed by atoms with E-state index in [2.05, 4.69) is 20.4 Å². The molecule has 0 fully saturated rings. The van der Waals surface area contributed by atoms with Crippen LogP contribution < -0.4 is 9.62 Å². The van der Waals surface area contributed by atoms with Crippen LogP contribution in [0.3, 0.4) is 0 Å². The Morgan fingerprint density at radius 1 is 1.19 bits per heavy atom. The zero-order valence-corrected chi connectivity index (χ0v) is 18.6. The summed E-state index contributed by atoms with van der Waals surface area (Å²) in [4.78, 5) is 21.4. The summed E-state index contributed by atoms with van der Waals surface area (Å²) in [6, 6.07) is 8.72. The van der Waals surface area contributed by atoms with Crippen LogP contribution in [0.1, 0.15) is 53.1 Å². The van der Waals surface area contributed by atoms with Crippen molar-refractivity contribution in [1.82, 2.24) is 19.7 Å². The summed E-state index contributed by atoms with van der Waals surface area (Å²) < 4.78 is 27.8. The summed E-state index contributed by atoms with van der Waals surface area (Å²) in [7, 11) is -3.49. The molecular formula is C21H24N6O3S. The second-order valence-electron chi connectivity index (χ2n) is 7.97. The second kappa shape index (κ2) is 7.77. The van der Waals surface area contributed by atoms with E-state index >= 15 is 0 Å². The van der Waals surface area contributed by atoms with Crippen LogP contribution in [0.5, 0.6) is 0 Å². The van der Waals surface area contributed by atoms with Crippen molar-refractivity contribution in [1.29, 1.82) is 0 Å². The first-order valence-corrected chi connectivity index (χ1v) is 11.7. The number of sulfonamides is 1. The van der Waals surface area contributed by atoms with Gasteiger partial charge in [-0.15, -0.1) is 0 Å². The Bertz CT molecular complexity index is 1230. The number of nitrogens with zero attached hydrogens (tertiary/aromatic N) is 5. The molecule has 0 bridgehead atoms. The first-order valence-electron chi connectivity index (χ1n) is 9.90. The lowest BCUT2D eigenvalue weighted by Gasteiger charge is -2.16. The highest BCUT2D eigenvalue weighted by Gasteiger charge is 2.37. The monoisotopic (exact) mass is 440 g/mol. The summed E-state index contributed by atoms with van der Waals surface area (Å²) in [6.07, 6.45) is 4.49. The van der Waals surface area contributed by atoms with Gasteiger partial charge in [0.05, 0.1) is 17.9 Å². The number of anilines is 2. The molecule has 31 heavy (non-hydrogen) atoms. The van der Waals surface area contributed by atoms with Gasteiger partial charge in [-0.25, -0.2) is 18.4 Å². The summed E-state index contributed by atoms with van der Waals surface area (Å²) in [5, 5.41) is 7.31. The van der Waals surface area contributed by atoms with E-state index in [0.29, 0.717) is 28.5 Å². The average molecular weight is 441 g/mol. The maximum atomic E-state index is 12.8. The van der Waals surface area contributed by atoms with Crippen molar-refractivity contribution in [2.24, 2.45) is 0 Å². The van der Waals surface area contributed by atoms with Gasteiger partial charge in [0.2, 0.25) is 10.0 Å². The van der Waals surface area contributed by atoms with E-state index in [1.807, 2.05) is 26.8 Å². The van der Waals surface area contributed by atoms with Crippen molar-refractivity contribution in [3.63, 3.8) is 0 Å². The molecule has 1 N–H and O–H groups in total. The van der Waals surface area contributed by atoms with Gasteiger partial charge in [0.15, 0.2) is 5.82 Å². The third-order valence-electron chi connectivity index (χ3n) is 5.20. The van der Waals surface area contributed by atoms with E-state index in [-0.39, 0.29) is 24.4 Å². The highest BCUT2D eigenvalue weighted by atomic mass is 32.2. The van der Waals surface area contributed by atoms with Gasteiger partial charge in [-0.1, -0.05) is 6.07 Å². The fourth-order valence-electron chi connectivity index (χ4n) is 3.53. The maximum Gasteiger partial charge on any atom is 0.256 e. The number of nitrogens with one attached hydrogen (secondary N) is 1. The molecule has 10 heteroatoms. The molecule has 2 aromatic heterocycles. The molecule has 0 saturated heterocycles. The van der Waals surface area contributed by atoms with Crippen LogP contribution in [0.4, 0.5) is 11.5 Å². The zero-order chi connectivity index (χ0) is 22.3. The molecule has 0 spiro atoms. The highest BCUT2D eigenvalue weighted by molar-refractivity contribution is 7.92. The van der Waals surface area contributed by atoms with E-state index < -0.39 is 10.0 Å².